The number of amides is 1. The molecule has 174 valence electrons. The lowest BCUT2D eigenvalue weighted by Crippen LogP contribution is -2.40. The molecular formula is C24H26ClN3O4S. The second kappa shape index (κ2) is 10.4. The van der Waals surface area contributed by atoms with Gasteiger partial charge in [-0.25, -0.2) is 8.42 Å². The van der Waals surface area contributed by atoms with E-state index in [9.17, 15) is 13.2 Å². The second-order valence-electron chi connectivity index (χ2n) is 7.95. The van der Waals surface area contributed by atoms with Crippen molar-refractivity contribution in [3.8, 4) is 0 Å². The Bertz CT molecular complexity index is 1170. The van der Waals surface area contributed by atoms with E-state index in [2.05, 4.69) is 14.9 Å². The molecule has 1 aliphatic rings. The molecule has 2 heterocycles. The number of benzene rings is 2. The van der Waals surface area contributed by atoms with Crippen molar-refractivity contribution >= 4 is 33.2 Å². The van der Waals surface area contributed by atoms with Gasteiger partial charge in [-0.15, -0.1) is 0 Å². The lowest BCUT2D eigenvalue weighted by Gasteiger charge is -2.33. The number of hydrogen-bond donors (Lipinski definition) is 2. The summed E-state index contributed by atoms with van der Waals surface area (Å²) in [4.78, 5) is 15.1. The zero-order chi connectivity index (χ0) is 23.3. The van der Waals surface area contributed by atoms with Gasteiger partial charge >= 0.3 is 0 Å². The average Bonchev–Trinajstić information content (AvgIpc) is 3.36. The number of halogens is 1. The molecular weight excluding hydrogens is 462 g/mol. The Morgan fingerprint density at radius 3 is 2.39 bits per heavy atom. The third-order valence-corrected chi connectivity index (χ3v) is 7.41. The molecule has 1 saturated heterocycles. The van der Waals surface area contributed by atoms with Crippen LogP contribution in [0.25, 0.3) is 0 Å². The maximum atomic E-state index is 12.8. The Morgan fingerprint density at radius 1 is 1.00 bits per heavy atom. The van der Waals surface area contributed by atoms with Crippen LogP contribution >= 0.6 is 11.6 Å². The molecule has 1 atom stereocenters. The first-order valence-electron chi connectivity index (χ1n) is 10.9. The molecule has 0 unspecified atom stereocenters. The summed E-state index contributed by atoms with van der Waals surface area (Å²) in [5, 5.41) is 3.27. The van der Waals surface area contributed by atoms with Crippen molar-refractivity contribution in [1.29, 1.82) is 0 Å². The summed E-state index contributed by atoms with van der Waals surface area (Å²) in [6.45, 7) is 2.33. The number of piperidine rings is 1. The van der Waals surface area contributed by atoms with E-state index >= 15 is 0 Å². The zero-order valence-electron chi connectivity index (χ0n) is 18.0. The number of hydrogen-bond acceptors (Lipinski definition) is 5. The molecule has 7 nitrogen and oxygen atoms in total. The smallest absolute Gasteiger partial charge is 0.261 e. The van der Waals surface area contributed by atoms with Crippen LogP contribution in [0.2, 0.25) is 5.02 Å². The van der Waals surface area contributed by atoms with E-state index in [0.717, 1.165) is 31.7 Å². The number of carbonyl (C=O) groups is 1. The van der Waals surface area contributed by atoms with Crippen molar-refractivity contribution in [3.63, 3.8) is 0 Å². The van der Waals surface area contributed by atoms with E-state index < -0.39 is 10.0 Å². The molecule has 0 aliphatic carbocycles. The fourth-order valence-electron chi connectivity index (χ4n) is 3.95. The lowest BCUT2D eigenvalue weighted by molar-refractivity contribution is 0.0914. The third-order valence-electron chi connectivity index (χ3n) is 5.70. The average molecular weight is 488 g/mol. The number of likely N-dealkylation sites (tertiary alicyclic amines) is 1. The van der Waals surface area contributed by atoms with Gasteiger partial charge in [0.1, 0.15) is 5.76 Å². The van der Waals surface area contributed by atoms with E-state index in [1.165, 1.54) is 30.7 Å². The maximum absolute atomic E-state index is 12.8. The summed E-state index contributed by atoms with van der Waals surface area (Å²) in [5.74, 6) is 0.552. The van der Waals surface area contributed by atoms with E-state index in [1.54, 1.807) is 30.5 Å². The molecule has 9 heteroatoms. The van der Waals surface area contributed by atoms with Gasteiger partial charge in [-0.2, -0.15) is 0 Å². The Balaban J connectivity index is 1.42. The largest absolute Gasteiger partial charge is 0.468 e. The van der Waals surface area contributed by atoms with Crippen molar-refractivity contribution in [3.05, 3.63) is 83.3 Å². The minimum absolute atomic E-state index is 0.0382. The molecule has 1 aromatic heterocycles. The van der Waals surface area contributed by atoms with Crippen LogP contribution in [-0.2, 0) is 10.0 Å². The van der Waals surface area contributed by atoms with Gasteiger partial charge in [-0.1, -0.05) is 30.2 Å². The highest BCUT2D eigenvalue weighted by atomic mass is 35.5. The van der Waals surface area contributed by atoms with Gasteiger partial charge in [-0.05, 0) is 74.5 Å². The third kappa shape index (κ3) is 5.76. The fraction of sp³-hybridized carbons (Fsp3) is 0.292. The highest BCUT2D eigenvalue weighted by molar-refractivity contribution is 7.92. The molecule has 2 aromatic carbocycles. The van der Waals surface area contributed by atoms with E-state index in [-0.39, 0.29) is 16.8 Å². The molecule has 1 amide bonds. The number of sulfonamides is 1. The molecule has 0 radical (unpaired) electrons. The van der Waals surface area contributed by atoms with Crippen LogP contribution < -0.4 is 10.0 Å². The maximum Gasteiger partial charge on any atom is 0.261 e. The highest BCUT2D eigenvalue weighted by Crippen LogP contribution is 2.26. The van der Waals surface area contributed by atoms with Gasteiger partial charge in [-0.3, -0.25) is 14.4 Å². The summed E-state index contributed by atoms with van der Waals surface area (Å²) in [5.41, 5.74) is 0.672. The number of nitrogens with one attached hydrogen (secondary N) is 2. The first-order valence-corrected chi connectivity index (χ1v) is 12.7. The van der Waals surface area contributed by atoms with Crippen LogP contribution in [0, 0.1) is 0 Å². The summed E-state index contributed by atoms with van der Waals surface area (Å²) in [6, 6.07) is 16.1. The zero-order valence-corrected chi connectivity index (χ0v) is 19.6. The Labute approximate surface area is 198 Å². The number of carbonyl (C=O) groups excluding carboxylic acids is 1. The van der Waals surface area contributed by atoms with Crippen molar-refractivity contribution in [1.82, 2.24) is 10.2 Å². The number of furan rings is 1. The minimum Gasteiger partial charge on any atom is -0.468 e. The summed E-state index contributed by atoms with van der Waals surface area (Å²) in [7, 11) is -3.83. The lowest BCUT2D eigenvalue weighted by atomic mass is 10.1. The molecule has 4 rings (SSSR count). The molecule has 33 heavy (non-hydrogen) atoms. The summed E-state index contributed by atoms with van der Waals surface area (Å²) < 4.78 is 33.4. The molecule has 0 spiro atoms. The second-order valence-corrected chi connectivity index (χ2v) is 10.0. The van der Waals surface area contributed by atoms with E-state index in [0.29, 0.717) is 22.8 Å². The van der Waals surface area contributed by atoms with Crippen LogP contribution in [0.15, 0.2) is 76.2 Å². The minimum atomic E-state index is -3.83. The van der Waals surface area contributed by atoms with Crippen LogP contribution in [0.3, 0.4) is 0 Å². The van der Waals surface area contributed by atoms with Gasteiger partial charge in [0.05, 0.1) is 27.9 Å². The first-order chi connectivity index (χ1) is 15.9. The molecule has 0 bridgehead atoms. The van der Waals surface area contributed by atoms with Crippen molar-refractivity contribution in [2.75, 3.05) is 24.4 Å². The Hall–Kier alpha value is -2.81. The number of anilines is 1. The van der Waals surface area contributed by atoms with Gasteiger partial charge in [0, 0.05) is 12.1 Å². The van der Waals surface area contributed by atoms with Crippen molar-refractivity contribution in [2.45, 2.75) is 30.2 Å². The predicted octanol–water partition coefficient (Wildman–Crippen LogP) is 4.69. The summed E-state index contributed by atoms with van der Waals surface area (Å²) in [6.07, 6.45) is 5.12. The van der Waals surface area contributed by atoms with E-state index in [4.69, 9.17) is 16.0 Å². The van der Waals surface area contributed by atoms with E-state index in [1.807, 2.05) is 12.1 Å². The summed E-state index contributed by atoms with van der Waals surface area (Å²) >= 11 is 6.05. The molecule has 0 saturated carbocycles. The topological polar surface area (TPSA) is 91.7 Å². The molecule has 1 aliphatic heterocycles. The van der Waals surface area contributed by atoms with Gasteiger partial charge in [0.25, 0.3) is 15.9 Å². The standard InChI is InChI=1S/C24H26ClN3O4S/c25-20-7-2-3-8-21(20)27-33(30,31)19-12-10-18(11-13-19)24(29)26-17-22(23-9-6-16-32-23)28-14-4-1-5-15-28/h2-3,6-13,16,22,27H,1,4-5,14-15,17H2,(H,26,29)/t22-/m1/s1. The van der Waals surface area contributed by atoms with Crippen LogP contribution in [0.5, 0.6) is 0 Å². The van der Waals surface area contributed by atoms with Gasteiger partial charge in [0.2, 0.25) is 0 Å². The highest BCUT2D eigenvalue weighted by Gasteiger charge is 2.25. The Morgan fingerprint density at radius 2 is 1.73 bits per heavy atom. The normalized spacial score (nSPS) is 15.7. The quantitative estimate of drug-likeness (QED) is 0.481. The number of nitrogens with zero attached hydrogens (tertiary/aromatic N) is 1. The predicted molar refractivity (Wildman–Crippen MR) is 128 cm³/mol. The Kier molecular flexibility index (Phi) is 7.37. The molecule has 1 fully saturated rings. The van der Waals surface area contributed by atoms with Gasteiger partial charge < -0.3 is 9.73 Å². The van der Waals surface area contributed by atoms with Gasteiger partial charge in [0.15, 0.2) is 0 Å². The van der Waals surface area contributed by atoms with Crippen LogP contribution in [-0.4, -0.2) is 38.9 Å². The van der Waals surface area contributed by atoms with Crippen LogP contribution in [0.4, 0.5) is 5.69 Å². The number of para-hydroxylation sites is 1. The molecule has 2 N–H and O–H groups in total. The van der Waals surface area contributed by atoms with Crippen molar-refractivity contribution in [2.24, 2.45) is 0 Å². The van der Waals surface area contributed by atoms with Crippen molar-refractivity contribution < 1.29 is 17.6 Å². The first kappa shape index (κ1) is 23.4. The fourth-order valence-corrected chi connectivity index (χ4v) is 5.26. The monoisotopic (exact) mass is 487 g/mol. The number of rotatable bonds is 8. The van der Waals surface area contributed by atoms with Crippen LogP contribution in [0.1, 0.15) is 41.4 Å². The SMILES string of the molecule is O=C(NC[C@H](c1ccco1)N1CCCCC1)c1ccc(S(=O)(=O)Nc2ccccc2Cl)cc1. The molecule has 3 aromatic rings.